The fraction of sp³-hybridized carbons (Fsp3) is 0.733. The van der Waals surface area contributed by atoms with Gasteiger partial charge in [-0.1, -0.05) is 64.0 Å². The molecular formula is C30H46O3S. The van der Waals surface area contributed by atoms with Gasteiger partial charge in [-0.05, 0) is 105 Å². The van der Waals surface area contributed by atoms with Gasteiger partial charge in [-0.25, -0.2) is 8.42 Å². The number of fused-ring (bicyclic) bond motifs is 3. The summed E-state index contributed by atoms with van der Waals surface area (Å²) in [6.07, 6.45) is 13.3. The predicted octanol–water partition coefficient (Wildman–Crippen LogP) is 7.21. The minimum absolute atomic E-state index is 0.181. The second-order valence-electron chi connectivity index (χ2n) is 12.1. The van der Waals surface area contributed by atoms with E-state index in [9.17, 15) is 13.5 Å². The standard InChI is InChI=1S/C30H46O3S/c1-5-17-30(31,6-2)20-23-12-13-26-24(19-23)16-18-29(4)27(14-15-28(26)29)22(3)21-34(32,33)25-10-8-7-9-11-25/h7-12,22,24,26-28,31H,5-6,13-21H2,1-4H3/t22-,24-,26-,27-,28+,29-,30?/m1/s1. The van der Waals surface area contributed by atoms with Crippen molar-refractivity contribution in [1.82, 2.24) is 0 Å². The van der Waals surface area contributed by atoms with Crippen LogP contribution in [0.5, 0.6) is 0 Å². The van der Waals surface area contributed by atoms with Crippen LogP contribution >= 0.6 is 0 Å². The van der Waals surface area contributed by atoms with Crippen LogP contribution in [-0.4, -0.2) is 24.9 Å². The van der Waals surface area contributed by atoms with Gasteiger partial charge < -0.3 is 5.11 Å². The van der Waals surface area contributed by atoms with E-state index in [0.717, 1.165) is 50.4 Å². The van der Waals surface area contributed by atoms with E-state index < -0.39 is 15.4 Å². The highest BCUT2D eigenvalue weighted by Gasteiger charge is 2.55. The van der Waals surface area contributed by atoms with Gasteiger partial charge in [-0.2, -0.15) is 0 Å². The van der Waals surface area contributed by atoms with Crippen molar-refractivity contribution in [3.8, 4) is 0 Å². The van der Waals surface area contributed by atoms with E-state index in [1.165, 1.54) is 31.3 Å². The summed E-state index contributed by atoms with van der Waals surface area (Å²) in [6, 6.07) is 8.98. The van der Waals surface area contributed by atoms with Gasteiger partial charge in [0.1, 0.15) is 0 Å². The molecule has 7 atom stereocenters. The molecule has 0 amide bonds. The first-order valence-corrected chi connectivity index (χ1v) is 15.4. The third-order valence-corrected chi connectivity index (χ3v) is 12.0. The molecule has 0 bridgehead atoms. The van der Waals surface area contributed by atoms with E-state index in [1.807, 2.05) is 18.2 Å². The molecular weight excluding hydrogens is 440 g/mol. The van der Waals surface area contributed by atoms with Crippen molar-refractivity contribution in [2.45, 2.75) is 102 Å². The second kappa shape index (κ2) is 10.1. The number of aliphatic hydroxyl groups is 1. The molecule has 1 aromatic rings. The topological polar surface area (TPSA) is 54.4 Å². The molecule has 34 heavy (non-hydrogen) atoms. The Balaban J connectivity index is 1.45. The molecule has 0 saturated heterocycles. The van der Waals surface area contributed by atoms with E-state index >= 15 is 0 Å². The maximum absolute atomic E-state index is 13.1. The number of hydrogen-bond donors (Lipinski definition) is 1. The molecule has 3 aliphatic rings. The van der Waals surface area contributed by atoms with Crippen molar-refractivity contribution in [1.29, 1.82) is 0 Å². The molecule has 190 valence electrons. The summed E-state index contributed by atoms with van der Waals surface area (Å²) in [5.41, 5.74) is 1.21. The van der Waals surface area contributed by atoms with E-state index in [2.05, 4.69) is 33.8 Å². The smallest absolute Gasteiger partial charge is 0.178 e. The van der Waals surface area contributed by atoms with Crippen LogP contribution in [0.25, 0.3) is 0 Å². The Morgan fingerprint density at radius 2 is 1.88 bits per heavy atom. The first kappa shape index (κ1) is 25.9. The van der Waals surface area contributed by atoms with Gasteiger partial charge in [0.25, 0.3) is 0 Å². The minimum atomic E-state index is -3.25. The lowest BCUT2D eigenvalue weighted by Gasteiger charge is -2.51. The van der Waals surface area contributed by atoms with Crippen LogP contribution in [0.4, 0.5) is 0 Å². The fourth-order valence-electron chi connectivity index (χ4n) is 8.28. The third kappa shape index (κ3) is 5.05. The summed E-state index contributed by atoms with van der Waals surface area (Å²) in [5.74, 6) is 3.10. The van der Waals surface area contributed by atoms with Crippen molar-refractivity contribution >= 4 is 9.84 Å². The molecule has 1 N–H and O–H groups in total. The highest BCUT2D eigenvalue weighted by molar-refractivity contribution is 7.91. The summed E-state index contributed by atoms with van der Waals surface area (Å²) >= 11 is 0. The zero-order chi connectivity index (χ0) is 24.6. The monoisotopic (exact) mass is 486 g/mol. The average Bonchev–Trinajstić information content (AvgIpc) is 3.17. The van der Waals surface area contributed by atoms with Gasteiger partial charge in [0.15, 0.2) is 9.84 Å². The van der Waals surface area contributed by atoms with Gasteiger partial charge >= 0.3 is 0 Å². The Morgan fingerprint density at radius 1 is 1.15 bits per heavy atom. The second-order valence-corrected chi connectivity index (χ2v) is 14.2. The lowest BCUT2D eigenvalue weighted by atomic mass is 9.54. The van der Waals surface area contributed by atoms with Crippen molar-refractivity contribution in [2.75, 3.05) is 5.75 Å². The maximum atomic E-state index is 13.1. The van der Waals surface area contributed by atoms with Crippen LogP contribution in [-0.2, 0) is 9.84 Å². The lowest BCUT2D eigenvalue weighted by molar-refractivity contribution is -0.00713. The molecule has 0 radical (unpaired) electrons. The van der Waals surface area contributed by atoms with Crippen molar-refractivity contribution < 1.29 is 13.5 Å². The van der Waals surface area contributed by atoms with E-state index in [-0.39, 0.29) is 17.1 Å². The Labute approximate surface area is 208 Å². The normalized spacial score (nSPS) is 34.0. The van der Waals surface area contributed by atoms with E-state index in [4.69, 9.17) is 0 Å². The first-order valence-electron chi connectivity index (χ1n) is 13.8. The van der Waals surface area contributed by atoms with Crippen molar-refractivity contribution in [3.05, 3.63) is 42.0 Å². The summed E-state index contributed by atoms with van der Waals surface area (Å²) in [6.45, 7) is 8.94. The Bertz CT molecular complexity index is 968. The number of rotatable bonds is 9. The van der Waals surface area contributed by atoms with Crippen LogP contribution in [0, 0.1) is 35.0 Å². The predicted molar refractivity (Wildman–Crippen MR) is 140 cm³/mol. The number of allylic oxidation sites excluding steroid dienone is 1. The number of benzene rings is 1. The van der Waals surface area contributed by atoms with Crippen LogP contribution in [0.2, 0.25) is 0 Å². The lowest BCUT2D eigenvalue weighted by Crippen LogP contribution is -2.44. The van der Waals surface area contributed by atoms with Crippen LogP contribution in [0.1, 0.15) is 91.9 Å². The minimum Gasteiger partial charge on any atom is -0.390 e. The molecule has 4 rings (SSSR count). The molecule has 1 aromatic carbocycles. The molecule has 0 aliphatic heterocycles. The maximum Gasteiger partial charge on any atom is 0.178 e. The summed E-state index contributed by atoms with van der Waals surface area (Å²) in [5, 5.41) is 11.0. The zero-order valence-corrected chi connectivity index (χ0v) is 22.6. The van der Waals surface area contributed by atoms with E-state index in [1.54, 1.807) is 12.1 Å². The Kier molecular flexibility index (Phi) is 7.70. The Morgan fingerprint density at radius 3 is 2.56 bits per heavy atom. The number of sulfone groups is 1. The largest absolute Gasteiger partial charge is 0.390 e. The highest BCUT2D eigenvalue weighted by Crippen LogP contribution is 2.63. The molecule has 0 aromatic heterocycles. The quantitative estimate of drug-likeness (QED) is 0.375. The molecule has 3 aliphatic carbocycles. The fourth-order valence-corrected chi connectivity index (χ4v) is 9.97. The zero-order valence-electron chi connectivity index (χ0n) is 21.8. The molecule has 2 saturated carbocycles. The van der Waals surface area contributed by atoms with Crippen LogP contribution < -0.4 is 0 Å². The average molecular weight is 487 g/mol. The van der Waals surface area contributed by atoms with Gasteiger partial charge in [0.05, 0.1) is 16.2 Å². The van der Waals surface area contributed by atoms with Gasteiger partial charge in [0.2, 0.25) is 0 Å². The van der Waals surface area contributed by atoms with Gasteiger partial charge in [-0.15, -0.1) is 0 Å². The summed E-state index contributed by atoms with van der Waals surface area (Å²) < 4.78 is 26.2. The molecule has 1 unspecified atom stereocenters. The van der Waals surface area contributed by atoms with Crippen LogP contribution in [0.3, 0.4) is 0 Å². The number of hydrogen-bond acceptors (Lipinski definition) is 3. The van der Waals surface area contributed by atoms with Crippen molar-refractivity contribution in [2.24, 2.45) is 35.0 Å². The van der Waals surface area contributed by atoms with Gasteiger partial charge in [0, 0.05) is 0 Å². The van der Waals surface area contributed by atoms with Crippen molar-refractivity contribution in [3.63, 3.8) is 0 Å². The highest BCUT2D eigenvalue weighted by atomic mass is 32.2. The van der Waals surface area contributed by atoms with E-state index in [0.29, 0.717) is 16.7 Å². The van der Waals surface area contributed by atoms with Crippen LogP contribution in [0.15, 0.2) is 46.9 Å². The summed E-state index contributed by atoms with van der Waals surface area (Å²) in [7, 11) is -3.25. The molecule has 2 fully saturated rings. The molecule has 4 heteroatoms. The molecule has 0 heterocycles. The third-order valence-electron chi connectivity index (χ3n) is 10.1. The molecule has 0 spiro atoms. The summed E-state index contributed by atoms with van der Waals surface area (Å²) in [4.78, 5) is 0.463. The Hall–Kier alpha value is -1.13. The molecule has 3 nitrogen and oxygen atoms in total. The first-order chi connectivity index (χ1) is 16.1. The van der Waals surface area contributed by atoms with Gasteiger partial charge in [-0.3, -0.25) is 0 Å². The SMILES string of the molecule is CCCC(O)(CC)CC1=CC[C@@H]2[C@H](CC[C@]3(C)[C@@H]([C@H](C)CS(=O)(=O)c4ccccc4)CC[C@@H]23)C1.